The average molecular weight is 362 g/mol. The van der Waals surface area contributed by atoms with Crippen molar-refractivity contribution in [1.29, 1.82) is 0 Å². The summed E-state index contributed by atoms with van der Waals surface area (Å²) in [7, 11) is 5.03. The molecule has 0 fully saturated rings. The predicted molar refractivity (Wildman–Crippen MR) is 92.4 cm³/mol. The Hall–Kier alpha value is -1.51. The normalized spacial score (nSPS) is 9.82. The molecule has 22 heavy (non-hydrogen) atoms. The lowest BCUT2D eigenvalue weighted by atomic mass is 10.2. The van der Waals surface area contributed by atoms with Gasteiger partial charge in [-0.05, 0) is 18.2 Å². The highest BCUT2D eigenvalue weighted by atomic mass is 35.5. The molecule has 0 heterocycles. The number of thioether (sulfide) groups is 1. The number of hydrogen-bond acceptors (Lipinski definition) is 5. The highest BCUT2D eigenvalue weighted by Gasteiger charge is 2.14. The zero-order valence-corrected chi connectivity index (χ0v) is 14.7. The third-order valence-electron chi connectivity index (χ3n) is 2.41. The van der Waals surface area contributed by atoms with E-state index in [1.807, 2.05) is 0 Å². The Morgan fingerprint density at radius 3 is 2.64 bits per heavy atom. The van der Waals surface area contributed by atoms with E-state index in [-0.39, 0.29) is 17.2 Å². The van der Waals surface area contributed by atoms with Crippen LogP contribution in [-0.4, -0.2) is 48.0 Å². The number of thiocarbonyl (C=S) groups is 1. The Balaban J connectivity index is 2.54. The monoisotopic (exact) mass is 361 g/mol. The number of ether oxygens (including phenoxy) is 1. The van der Waals surface area contributed by atoms with Crippen molar-refractivity contribution in [2.24, 2.45) is 0 Å². The number of hydrazine groups is 1. The van der Waals surface area contributed by atoms with Crippen LogP contribution in [0.15, 0.2) is 18.2 Å². The summed E-state index contributed by atoms with van der Waals surface area (Å²) in [5.74, 6) is -0.431. The summed E-state index contributed by atoms with van der Waals surface area (Å²) in [6.07, 6.45) is 0. The molecule has 0 saturated heterocycles. The fraction of sp³-hybridized carbons (Fsp3) is 0.308. The number of amides is 2. The number of hydrogen-bond donors (Lipinski definition) is 2. The number of rotatable bonds is 4. The summed E-state index contributed by atoms with van der Waals surface area (Å²) in [6.45, 7) is 0. The Kier molecular flexibility index (Phi) is 7.43. The van der Waals surface area contributed by atoms with E-state index in [0.29, 0.717) is 15.1 Å². The maximum Gasteiger partial charge on any atom is 0.273 e. The van der Waals surface area contributed by atoms with E-state index in [0.717, 1.165) is 0 Å². The molecule has 0 atom stereocenters. The van der Waals surface area contributed by atoms with Crippen molar-refractivity contribution in [3.05, 3.63) is 28.8 Å². The maximum atomic E-state index is 12.0. The zero-order valence-electron chi connectivity index (χ0n) is 12.3. The van der Waals surface area contributed by atoms with Crippen LogP contribution in [0.5, 0.6) is 5.75 Å². The van der Waals surface area contributed by atoms with Gasteiger partial charge in [0.25, 0.3) is 5.91 Å². The van der Waals surface area contributed by atoms with Crippen molar-refractivity contribution < 1.29 is 14.3 Å². The van der Waals surface area contributed by atoms with E-state index >= 15 is 0 Å². The molecule has 0 aliphatic rings. The number of methoxy groups -OCH3 is 1. The number of halogens is 1. The van der Waals surface area contributed by atoms with Crippen LogP contribution in [0.2, 0.25) is 5.02 Å². The number of benzene rings is 1. The van der Waals surface area contributed by atoms with Crippen LogP contribution < -0.4 is 15.6 Å². The first-order valence-corrected chi connectivity index (χ1v) is 7.89. The minimum atomic E-state index is -0.520. The van der Waals surface area contributed by atoms with Crippen LogP contribution in [0.1, 0.15) is 10.4 Å². The van der Waals surface area contributed by atoms with Gasteiger partial charge in [-0.3, -0.25) is 20.4 Å². The molecule has 0 aliphatic heterocycles. The number of nitrogens with zero attached hydrogens (tertiary/aromatic N) is 1. The number of carbonyl (C=O) groups excluding carboxylic acids is 2. The van der Waals surface area contributed by atoms with Crippen molar-refractivity contribution in [3.63, 3.8) is 0 Å². The van der Waals surface area contributed by atoms with Crippen molar-refractivity contribution in [2.75, 3.05) is 27.0 Å². The van der Waals surface area contributed by atoms with Crippen LogP contribution in [0.4, 0.5) is 0 Å². The molecule has 2 N–H and O–H groups in total. The summed E-state index contributed by atoms with van der Waals surface area (Å²) in [5, 5.41) is 0.393. The second kappa shape index (κ2) is 8.82. The van der Waals surface area contributed by atoms with Gasteiger partial charge in [-0.15, -0.1) is 0 Å². The van der Waals surface area contributed by atoms with Gasteiger partial charge >= 0.3 is 0 Å². The molecule has 0 saturated carbocycles. The maximum absolute atomic E-state index is 12.0. The summed E-state index contributed by atoms with van der Waals surface area (Å²) in [5.41, 5.74) is 4.84. The van der Waals surface area contributed by atoms with E-state index < -0.39 is 5.91 Å². The van der Waals surface area contributed by atoms with Crippen LogP contribution in [-0.2, 0) is 4.79 Å². The van der Waals surface area contributed by atoms with Crippen molar-refractivity contribution in [3.8, 4) is 5.75 Å². The van der Waals surface area contributed by atoms with Gasteiger partial charge in [0.1, 0.15) is 10.1 Å². The zero-order chi connectivity index (χ0) is 16.7. The topological polar surface area (TPSA) is 70.7 Å². The molecule has 9 heteroatoms. The number of nitrogens with one attached hydrogen (secondary N) is 2. The second-order valence-corrected chi connectivity index (χ2v) is 6.34. The lowest BCUT2D eigenvalue weighted by Gasteiger charge is -2.13. The lowest BCUT2D eigenvalue weighted by molar-refractivity contribution is -0.119. The molecule has 0 spiro atoms. The minimum absolute atomic E-state index is 0.101. The van der Waals surface area contributed by atoms with Gasteiger partial charge in [-0.2, -0.15) is 0 Å². The number of carbonyl (C=O) groups is 2. The van der Waals surface area contributed by atoms with Crippen molar-refractivity contribution in [2.45, 2.75) is 0 Å². The first-order chi connectivity index (χ1) is 10.3. The smallest absolute Gasteiger partial charge is 0.273 e. The Labute approximate surface area is 143 Å². The van der Waals surface area contributed by atoms with Gasteiger partial charge in [0.05, 0.1) is 18.4 Å². The SMILES string of the molecule is COc1ccc(Cl)cc1C(=O)NNC(=O)CSC(=S)N(C)C. The van der Waals surface area contributed by atoms with E-state index in [2.05, 4.69) is 10.9 Å². The third-order valence-corrected chi connectivity index (χ3v) is 4.39. The average Bonchev–Trinajstić information content (AvgIpc) is 2.49. The second-order valence-electron chi connectivity index (χ2n) is 4.30. The first-order valence-electron chi connectivity index (χ1n) is 6.12. The molecule has 0 aromatic heterocycles. The van der Waals surface area contributed by atoms with Crippen molar-refractivity contribution >= 4 is 51.7 Å². The largest absolute Gasteiger partial charge is 0.496 e. The first kappa shape index (κ1) is 18.5. The molecule has 120 valence electrons. The fourth-order valence-corrected chi connectivity index (χ4v) is 2.28. The molecule has 1 aromatic rings. The van der Waals surface area contributed by atoms with Gasteiger partial charge in [-0.25, -0.2) is 0 Å². The van der Waals surface area contributed by atoms with Crippen LogP contribution in [0, 0.1) is 0 Å². The summed E-state index contributed by atoms with van der Waals surface area (Å²) in [6, 6.07) is 4.64. The molecule has 0 radical (unpaired) electrons. The molecule has 1 aromatic carbocycles. The van der Waals surface area contributed by atoms with Gasteiger partial charge in [0.15, 0.2) is 0 Å². The summed E-state index contributed by atoms with van der Waals surface area (Å²) < 4.78 is 5.66. The third kappa shape index (κ3) is 5.70. The standard InChI is InChI=1S/C13H16ClN3O3S2/c1-17(2)13(21)22-7-11(18)15-16-12(19)9-6-8(14)4-5-10(9)20-3/h4-6H,7H2,1-3H3,(H,15,18)(H,16,19). The van der Waals surface area contributed by atoms with Crippen LogP contribution in [0.25, 0.3) is 0 Å². The lowest BCUT2D eigenvalue weighted by Crippen LogP contribution is -2.42. The highest BCUT2D eigenvalue weighted by Crippen LogP contribution is 2.22. The van der Waals surface area contributed by atoms with Crippen molar-refractivity contribution in [1.82, 2.24) is 15.8 Å². The molecule has 6 nitrogen and oxygen atoms in total. The molecule has 0 bridgehead atoms. The molecule has 1 rings (SSSR count). The van der Waals surface area contributed by atoms with Gasteiger partial charge in [0, 0.05) is 19.1 Å². The predicted octanol–water partition coefficient (Wildman–Crippen LogP) is 1.69. The Morgan fingerprint density at radius 1 is 1.36 bits per heavy atom. The Bertz CT molecular complexity index is 582. The molecular formula is C13H16ClN3O3S2. The molecular weight excluding hydrogens is 346 g/mol. The van der Waals surface area contributed by atoms with Crippen LogP contribution in [0.3, 0.4) is 0 Å². The highest BCUT2D eigenvalue weighted by molar-refractivity contribution is 8.23. The van der Waals surface area contributed by atoms with E-state index in [4.69, 9.17) is 28.6 Å². The quantitative estimate of drug-likeness (QED) is 0.628. The van der Waals surface area contributed by atoms with Gasteiger partial charge in [-0.1, -0.05) is 35.6 Å². The molecule has 0 aliphatic carbocycles. The summed E-state index contributed by atoms with van der Waals surface area (Å²) >= 11 is 12.1. The Morgan fingerprint density at radius 2 is 2.05 bits per heavy atom. The fourth-order valence-electron chi connectivity index (χ4n) is 1.34. The van der Waals surface area contributed by atoms with Crippen LogP contribution >= 0.6 is 35.6 Å². The van der Waals surface area contributed by atoms with E-state index in [1.54, 1.807) is 31.1 Å². The minimum Gasteiger partial charge on any atom is -0.496 e. The summed E-state index contributed by atoms with van der Waals surface area (Å²) in [4.78, 5) is 25.4. The van der Waals surface area contributed by atoms with E-state index in [9.17, 15) is 9.59 Å². The van der Waals surface area contributed by atoms with Gasteiger partial charge in [0.2, 0.25) is 5.91 Å². The molecule has 0 unspecified atom stereocenters. The van der Waals surface area contributed by atoms with Gasteiger partial charge < -0.3 is 9.64 Å². The molecule has 2 amide bonds. The van der Waals surface area contributed by atoms with E-state index in [1.165, 1.54) is 24.9 Å².